The number of halogens is 2. The van der Waals surface area contributed by atoms with Crippen LogP contribution in [-0.4, -0.2) is 19.6 Å². The van der Waals surface area contributed by atoms with Crippen molar-refractivity contribution in [2.45, 2.75) is 43.7 Å². The second-order valence-electron chi connectivity index (χ2n) is 5.05. The highest BCUT2D eigenvalue weighted by Gasteiger charge is 2.39. The molecule has 0 bridgehead atoms. The summed E-state index contributed by atoms with van der Waals surface area (Å²) in [6, 6.07) is 2.75. The molecule has 2 N–H and O–H groups in total. The molecule has 2 rings (SSSR count). The zero-order chi connectivity index (χ0) is 14.9. The number of rotatable bonds is 6. The minimum Gasteiger partial charge on any atom is -0.392 e. The van der Waals surface area contributed by atoms with Crippen LogP contribution >= 0.6 is 23.2 Å². The van der Waals surface area contributed by atoms with Crippen LogP contribution in [0.25, 0.3) is 0 Å². The van der Waals surface area contributed by atoms with Crippen LogP contribution in [0.1, 0.15) is 31.7 Å². The van der Waals surface area contributed by atoms with Crippen LogP contribution in [0, 0.1) is 5.92 Å². The van der Waals surface area contributed by atoms with E-state index in [-0.39, 0.29) is 27.6 Å². The maximum atomic E-state index is 12.3. The fraction of sp³-hybridized carbons (Fsp3) is 0.538. The van der Waals surface area contributed by atoms with Crippen molar-refractivity contribution < 1.29 is 13.5 Å². The average molecular weight is 338 g/mol. The maximum absolute atomic E-state index is 12.3. The van der Waals surface area contributed by atoms with Gasteiger partial charge >= 0.3 is 0 Å². The number of aliphatic hydroxyl groups is 1. The van der Waals surface area contributed by atoms with Gasteiger partial charge in [0.25, 0.3) is 0 Å². The summed E-state index contributed by atoms with van der Waals surface area (Å²) < 4.78 is 27.3. The molecule has 0 amide bonds. The predicted octanol–water partition coefficient (Wildman–Crippen LogP) is 2.95. The second-order valence-corrected chi connectivity index (χ2v) is 7.54. The van der Waals surface area contributed by atoms with Crippen LogP contribution in [0.3, 0.4) is 0 Å². The van der Waals surface area contributed by atoms with Gasteiger partial charge in [0.15, 0.2) is 0 Å². The molecule has 2 atom stereocenters. The van der Waals surface area contributed by atoms with E-state index in [1.165, 1.54) is 12.1 Å². The third-order valence-corrected chi connectivity index (χ3v) is 5.72. The van der Waals surface area contributed by atoms with Crippen molar-refractivity contribution in [1.29, 1.82) is 0 Å². The van der Waals surface area contributed by atoms with E-state index in [1.54, 1.807) is 0 Å². The first-order valence-electron chi connectivity index (χ1n) is 6.50. The molecule has 7 heteroatoms. The van der Waals surface area contributed by atoms with Crippen LogP contribution in [0.5, 0.6) is 0 Å². The number of benzene rings is 1. The largest absolute Gasteiger partial charge is 0.392 e. The summed E-state index contributed by atoms with van der Waals surface area (Å²) in [5, 5.41) is 9.44. The standard InChI is InChI=1S/C13H17Cl2NO3S/c1-2-3-8-5-11(8)16-20(18,19)12-6-10(14)4-9(7-17)13(12)15/h4,6,8,11,16-17H,2-3,5,7H2,1H3. The van der Waals surface area contributed by atoms with Gasteiger partial charge in [-0.2, -0.15) is 0 Å². The van der Waals surface area contributed by atoms with Crippen LogP contribution in [0.15, 0.2) is 17.0 Å². The number of aliphatic hydroxyl groups excluding tert-OH is 1. The minimum absolute atomic E-state index is 0.0208. The molecule has 1 fully saturated rings. The quantitative estimate of drug-likeness (QED) is 0.838. The van der Waals surface area contributed by atoms with Crippen molar-refractivity contribution in [3.05, 3.63) is 27.7 Å². The van der Waals surface area contributed by atoms with E-state index in [2.05, 4.69) is 11.6 Å². The van der Waals surface area contributed by atoms with Gasteiger partial charge in [0, 0.05) is 11.1 Å². The minimum atomic E-state index is -3.71. The molecule has 4 nitrogen and oxygen atoms in total. The van der Waals surface area contributed by atoms with Crippen molar-refractivity contribution >= 4 is 33.2 Å². The molecule has 0 radical (unpaired) electrons. The molecule has 1 aromatic carbocycles. The molecule has 1 aromatic rings. The molecule has 2 unspecified atom stereocenters. The number of sulfonamides is 1. The third-order valence-electron chi connectivity index (χ3n) is 3.43. The number of hydrogen-bond acceptors (Lipinski definition) is 3. The Morgan fingerprint density at radius 2 is 2.10 bits per heavy atom. The van der Waals surface area contributed by atoms with E-state index < -0.39 is 10.0 Å². The van der Waals surface area contributed by atoms with E-state index in [4.69, 9.17) is 23.2 Å². The summed E-state index contributed by atoms with van der Waals surface area (Å²) in [6.45, 7) is 1.72. The van der Waals surface area contributed by atoms with Gasteiger partial charge in [-0.3, -0.25) is 0 Å². The zero-order valence-electron chi connectivity index (χ0n) is 11.1. The molecule has 20 heavy (non-hydrogen) atoms. The number of nitrogens with one attached hydrogen (secondary N) is 1. The highest BCUT2D eigenvalue weighted by Crippen LogP contribution is 2.37. The Balaban J connectivity index is 2.24. The summed E-state index contributed by atoms with van der Waals surface area (Å²) >= 11 is 11.9. The van der Waals surface area contributed by atoms with E-state index in [0.29, 0.717) is 11.5 Å². The summed E-state index contributed by atoms with van der Waals surface area (Å²) in [5.41, 5.74) is 0.306. The molecule has 0 saturated heterocycles. The summed E-state index contributed by atoms with van der Waals surface area (Å²) in [6.07, 6.45) is 2.91. The second kappa shape index (κ2) is 6.20. The van der Waals surface area contributed by atoms with Gasteiger partial charge in [0.2, 0.25) is 10.0 Å². The molecule has 1 aliphatic rings. The molecular weight excluding hydrogens is 321 g/mol. The molecule has 1 aliphatic carbocycles. The van der Waals surface area contributed by atoms with Gasteiger partial charge in [0.05, 0.1) is 11.6 Å². The molecule has 0 aliphatic heterocycles. The van der Waals surface area contributed by atoms with Gasteiger partial charge in [-0.15, -0.1) is 0 Å². The lowest BCUT2D eigenvalue weighted by molar-refractivity contribution is 0.281. The van der Waals surface area contributed by atoms with Crippen LogP contribution < -0.4 is 4.72 Å². The van der Waals surface area contributed by atoms with Gasteiger partial charge in [0.1, 0.15) is 4.90 Å². The molecule has 1 saturated carbocycles. The average Bonchev–Trinajstić information content (AvgIpc) is 3.09. The lowest BCUT2D eigenvalue weighted by atomic mass is 10.2. The summed E-state index contributed by atoms with van der Waals surface area (Å²) in [4.78, 5) is -0.0714. The molecule has 112 valence electrons. The highest BCUT2D eigenvalue weighted by molar-refractivity contribution is 7.89. The fourth-order valence-corrected chi connectivity index (χ4v) is 4.52. The Morgan fingerprint density at radius 1 is 1.40 bits per heavy atom. The number of hydrogen-bond donors (Lipinski definition) is 2. The SMILES string of the molecule is CCCC1CC1NS(=O)(=O)c1cc(Cl)cc(CO)c1Cl. The Kier molecular flexibility index (Phi) is 4.97. The van der Waals surface area contributed by atoms with Crippen molar-refractivity contribution in [1.82, 2.24) is 4.72 Å². The first-order chi connectivity index (χ1) is 9.39. The first-order valence-corrected chi connectivity index (χ1v) is 8.74. The van der Waals surface area contributed by atoms with E-state index in [9.17, 15) is 13.5 Å². The Morgan fingerprint density at radius 3 is 2.70 bits per heavy atom. The molecule has 0 heterocycles. The Bertz CT molecular complexity index is 604. The van der Waals surface area contributed by atoms with Crippen molar-refractivity contribution in [3.8, 4) is 0 Å². The topological polar surface area (TPSA) is 66.4 Å². The van der Waals surface area contributed by atoms with Crippen molar-refractivity contribution in [2.24, 2.45) is 5.92 Å². The Labute approximate surface area is 129 Å². The molecule has 0 aromatic heterocycles. The molecule has 0 spiro atoms. The Hall–Kier alpha value is -0.330. The smallest absolute Gasteiger partial charge is 0.242 e. The van der Waals surface area contributed by atoms with Crippen LogP contribution in [-0.2, 0) is 16.6 Å². The van der Waals surface area contributed by atoms with E-state index in [1.807, 2.05) is 0 Å². The zero-order valence-corrected chi connectivity index (χ0v) is 13.4. The van der Waals surface area contributed by atoms with Gasteiger partial charge in [-0.1, -0.05) is 36.5 Å². The van der Waals surface area contributed by atoms with Crippen LogP contribution in [0.2, 0.25) is 10.0 Å². The van der Waals surface area contributed by atoms with Gasteiger partial charge in [-0.25, -0.2) is 13.1 Å². The summed E-state index contributed by atoms with van der Waals surface area (Å²) in [5.74, 6) is 0.407. The normalized spacial score (nSPS) is 22.0. The van der Waals surface area contributed by atoms with Crippen molar-refractivity contribution in [2.75, 3.05) is 0 Å². The maximum Gasteiger partial charge on any atom is 0.242 e. The van der Waals surface area contributed by atoms with E-state index >= 15 is 0 Å². The summed E-state index contributed by atoms with van der Waals surface area (Å²) in [7, 11) is -3.71. The van der Waals surface area contributed by atoms with E-state index in [0.717, 1.165) is 19.3 Å². The predicted molar refractivity (Wildman–Crippen MR) is 79.5 cm³/mol. The highest BCUT2D eigenvalue weighted by atomic mass is 35.5. The van der Waals surface area contributed by atoms with Crippen LogP contribution in [0.4, 0.5) is 0 Å². The molecular formula is C13H17Cl2NO3S. The first kappa shape index (κ1) is 16.0. The fourth-order valence-electron chi connectivity index (χ4n) is 2.27. The monoisotopic (exact) mass is 337 g/mol. The third kappa shape index (κ3) is 3.46. The van der Waals surface area contributed by atoms with Gasteiger partial charge in [-0.05, 0) is 36.5 Å². The lowest BCUT2D eigenvalue weighted by Crippen LogP contribution is -2.27. The van der Waals surface area contributed by atoms with Gasteiger partial charge < -0.3 is 5.11 Å². The lowest BCUT2D eigenvalue weighted by Gasteiger charge is -2.11. The van der Waals surface area contributed by atoms with Crippen molar-refractivity contribution in [3.63, 3.8) is 0 Å².